The summed E-state index contributed by atoms with van der Waals surface area (Å²) in [6.45, 7) is 3.68. The lowest BCUT2D eigenvalue weighted by molar-refractivity contribution is -0.137. The third kappa shape index (κ3) is 3.62. The monoisotopic (exact) mass is 293 g/mol. The minimum Gasteiger partial charge on any atom is -0.322 e. The second-order valence-electron chi connectivity index (χ2n) is 4.85. The Balaban J connectivity index is 2.18. The molecule has 0 saturated carbocycles. The zero-order valence-corrected chi connectivity index (χ0v) is 11.6. The maximum atomic E-state index is 12.5. The maximum absolute atomic E-state index is 12.5. The Morgan fingerprint density at radius 2 is 1.62 bits per heavy atom. The van der Waals surface area contributed by atoms with Gasteiger partial charge in [0, 0.05) is 11.3 Å². The highest BCUT2D eigenvalue weighted by molar-refractivity contribution is 6.05. The topological polar surface area (TPSA) is 29.1 Å². The summed E-state index contributed by atoms with van der Waals surface area (Å²) < 4.78 is 37.4. The first-order chi connectivity index (χ1) is 9.77. The van der Waals surface area contributed by atoms with Crippen molar-refractivity contribution in [1.82, 2.24) is 0 Å². The van der Waals surface area contributed by atoms with Crippen molar-refractivity contribution in [2.75, 3.05) is 5.32 Å². The Hall–Kier alpha value is -2.30. The molecule has 0 atom stereocenters. The van der Waals surface area contributed by atoms with Crippen molar-refractivity contribution >= 4 is 11.6 Å². The molecule has 0 fully saturated rings. The van der Waals surface area contributed by atoms with Crippen LogP contribution in [0.1, 0.15) is 27.0 Å². The number of aryl methyl sites for hydroxylation is 2. The van der Waals surface area contributed by atoms with Gasteiger partial charge in [-0.15, -0.1) is 0 Å². The average Bonchev–Trinajstić information content (AvgIpc) is 2.41. The van der Waals surface area contributed by atoms with Gasteiger partial charge in [0.15, 0.2) is 0 Å². The molecular weight excluding hydrogens is 279 g/mol. The molecule has 2 aromatic rings. The van der Waals surface area contributed by atoms with Crippen molar-refractivity contribution in [2.45, 2.75) is 20.0 Å². The summed E-state index contributed by atoms with van der Waals surface area (Å²) in [5, 5.41) is 2.60. The molecule has 2 nitrogen and oxygen atoms in total. The number of nitrogens with one attached hydrogen (secondary N) is 1. The van der Waals surface area contributed by atoms with E-state index in [1.165, 1.54) is 12.1 Å². The second-order valence-corrected chi connectivity index (χ2v) is 4.85. The van der Waals surface area contributed by atoms with Gasteiger partial charge in [-0.25, -0.2) is 0 Å². The van der Waals surface area contributed by atoms with Gasteiger partial charge in [-0.1, -0.05) is 17.7 Å². The number of hydrogen-bond donors (Lipinski definition) is 1. The van der Waals surface area contributed by atoms with Gasteiger partial charge in [-0.3, -0.25) is 4.79 Å². The number of carbonyl (C=O) groups excluding carboxylic acids is 1. The standard InChI is InChI=1S/C16H14F3NO/c1-10-3-4-11(2)14(9-10)15(21)20-13-7-5-12(6-8-13)16(17,18)19/h3-9H,1-2H3,(H,20,21). The predicted octanol–water partition coefficient (Wildman–Crippen LogP) is 4.57. The van der Waals surface area contributed by atoms with E-state index in [-0.39, 0.29) is 5.91 Å². The molecule has 110 valence electrons. The normalized spacial score (nSPS) is 11.3. The van der Waals surface area contributed by atoms with Gasteiger partial charge in [0.2, 0.25) is 0 Å². The molecule has 0 bridgehead atoms. The zero-order chi connectivity index (χ0) is 15.6. The van der Waals surface area contributed by atoms with Crippen LogP contribution in [0.25, 0.3) is 0 Å². The lowest BCUT2D eigenvalue weighted by Gasteiger charge is -2.10. The van der Waals surface area contributed by atoms with E-state index in [1.807, 2.05) is 19.1 Å². The first kappa shape index (κ1) is 15.1. The average molecular weight is 293 g/mol. The highest BCUT2D eigenvalue weighted by Gasteiger charge is 2.30. The smallest absolute Gasteiger partial charge is 0.322 e. The van der Waals surface area contributed by atoms with Gasteiger partial charge in [-0.05, 0) is 49.7 Å². The molecule has 0 saturated heterocycles. The van der Waals surface area contributed by atoms with Gasteiger partial charge in [0.1, 0.15) is 0 Å². The fourth-order valence-electron chi connectivity index (χ4n) is 1.92. The van der Waals surface area contributed by atoms with Crippen LogP contribution in [0.5, 0.6) is 0 Å². The number of hydrogen-bond acceptors (Lipinski definition) is 1. The molecule has 2 rings (SSSR count). The molecule has 0 aliphatic rings. The number of halogens is 3. The van der Waals surface area contributed by atoms with E-state index in [4.69, 9.17) is 0 Å². The molecule has 2 aromatic carbocycles. The van der Waals surface area contributed by atoms with Gasteiger partial charge >= 0.3 is 6.18 Å². The summed E-state index contributed by atoms with van der Waals surface area (Å²) in [4.78, 5) is 12.1. The number of rotatable bonds is 2. The molecule has 5 heteroatoms. The van der Waals surface area contributed by atoms with Crippen molar-refractivity contribution in [3.05, 3.63) is 64.7 Å². The first-order valence-corrected chi connectivity index (χ1v) is 6.33. The van der Waals surface area contributed by atoms with E-state index in [1.54, 1.807) is 13.0 Å². The minimum absolute atomic E-state index is 0.328. The van der Waals surface area contributed by atoms with E-state index in [2.05, 4.69) is 5.32 Å². The van der Waals surface area contributed by atoms with Crippen molar-refractivity contribution in [2.24, 2.45) is 0 Å². The number of anilines is 1. The lowest BCUT2D eigenvalue weighted by Crippen LogP contribution is -2.14. The maximum Gasteiger partial charge on any atom is 0.416 e. The highest BCUT2D eigenvalue weighted by atomic mass is 19.4. The van der Waals surface area contributed by atoms with Crippen LogP contribution in [0.4, 0.5) is 18.9 Å². The molecule has 0 radical (unpaired) electrons. The van der Waals surface area contributed by atoms with E-state index in [0.717, 1.165) is 23.3 Å². The Morgan fingerprint density at radius 3 is 2.19 bits per heavy atom. The van der Waals surface area contributed by atoms with Crippen molar-refractivity contribution in [1.29, 1.82) is 0 Å². The van der Waals surface area contributed by atoms with E-state index in [9.17, 15) is 18.0 Å². The molecule has 0 unspecified atom stereocenters. The molecule has 0 aliphatic heterocycles. The van der Waals surface area contributed by atoms with Gasteiger partial charge in [0.25, 0.3) is 5.91 Å². The first-order valence-electron chi connectivity index (χ1n) is 6.33. The van der Waals surface area contributed by atoms with Crippen LogP contribution >= 0.6 is 0 Å². The van der Waals surface area contributed by atoms with Crippen molar-refractivity contribution in [3.8, 4) is 0 Å². The van der Waals surface area contributed by atoms with Crippen LogP contribution in [0.15, 0.2) is 42.5 Å². The molecule has 0 aliphatic carbocycles. The van der Waals surface area contributed by atoms with Crippen molar-refractivity contribution in [3.63, 3.8) is 0 Å². The fourth-order valence-corrected chi connectivity index (χ4v) is 1.92. The van der Waals surface area contributed by atoms with Crippen LogP contribution < -0.4 is 5.32 Å². The molecule has 0 aromatic heterocycles. The molecule has 0 spiro atoms. The van der Waals surface area contributed by atoms with E-state index in [0.29, 0.717) is 11.3 Å². The summed E-state index contributed by atoms with van der Waals surface area (Å²) in [6, 6.07) is 9.84. The lowest BCUT2D eigenvalue weighted by atomic mass is 10.0. The Labute approximate surface area is 120 Å². The number of carbonyl (C=O) groups is 1. The summed E-state index contributed by atoms with van der Waals surface area (Å²) in [7, 11) is 0. The summed E-state index contributed by atoms with van der Waals surface area (Å²) in [5.41, 5.74) is 1.85. The molecular formula is C16H14F3NO. The number of alkyl halides is 3. The third-order valence-corrected chi connectivity index (χ3v) is 3.11. The third-order valence-electron chi connectivity index (χ3n) is 3.11. The van der Waals surface area contributed by atoms with E-state index >= 15 is 0 Å². The molecule has 21 heavy (non-hydrogen) atoms. The number of amides is 1. The summed E-state index contributed by atoms with van der Waals surface area (Å²) in [5.74, 6) is -0.337. The molecule has 1 N–H and O–H groups in total. The van der Waals surface area contributed by atoms with Crippen LogP contribution in [0.3, 0.4) is 0 Å². The summed E-state index contributed by atoms with van der Waals surface area (Å²) in [6.07, 6.45) is -4.38. The van der Waals surface area contributed by atoms with Gasteiger partial charge in [0.05, 0.1) is 5.56 Å². The van der Waals surface area contributed by atoms with Gasteiger partial charge in [-0.2, -0.15) is 13.2 Å². The van der Waals surface area contributed by atoms with Crippen LogP contribution in [-0.4, -0.2) is 5.91 Å². The van der Waals surface area contributed by atoms with Crippen molar-refractivity contribution < 1.29 is 18.0 Å². The number of benzene rings is 2. The zero-order valence-electron chi connectivity index (χ0n) is 11.6. The van der Waals surface area contributed by atoms with Crippen LogP contribution in [-0.2, 0) is 6.18 Å². The largest absolute Gasteiger partial charge is 0.416 e. The molecule has 1 amide bonds. The highest BCUT2D eigenvalue weighted by Crippen LogP contribution is 2.29. The summed E-state index contributed by atoms with van der Waals surface area (Å²) >= 11 is 0. The fraction of sp³-hybridized carbons (Fsp3) is 0.188. The van der Waals surface area contributed by atoms with Crippen LogP contribution in [0, 0.1) is 13.8 Å². The predicted molar refractivity (Wildman–Crippen MR) is 75.3 cm³/mol. The van der Waals surface area contributed by atoms with E-state index < -0.39 is 11.7 Å². The molecule has 0 heterocycles. The van der Waals surface area contributed by atoms with Crippen LogP contribution in [0.2, 0.25) is 0 Å². The Morgan fingerprint density at radius 1 is 1.00 bits per heavy atom. The second kappa shape index (κ2) is 5.60. The minimum atomic E-state index is -4.38. The Bertz CT molecular complexity index is 660. The SMILES string of the molecule is Cc1ccc(C)c(C(=O)Nc2ccc(C(F)(F)F)cc2)c1. The Kier molecular flexibility index (Phi) is 4.02. The quantitative estimate of drug-likeness (QED) is 0.863. The van der Waals surface area contributed by atoms with Gasteiger partial charge < -0.3 is 5.32 Å².